The van der Waals surface area contributed by atoms with E-state index in [1.807, 2.05) is 0 Å². The van der Waals surface area contributed by atoms with Crippen molar-refractivity contribution in [2.75, 3.05) is 5.75 Å². The van der Waals surface area contributed by atoms with Gasteiger partial charge in [-0.2, -0.15) is 13.2 Å². The number of carboxylic acid groups (broad SMARTS) is 1. The number of alkyl halides is 3. The molecule has 0 saturated carbocycles. The molecule has 0 aliphatic rings. The van der Waals surface area contributed by atoms with Crippen LogP contribution in [0.2, 0.25) is 0 Å². The molecule has 1 rings (SSSR count). The van der Waals surface area contributed by atoms with Crippen LogP contribution in [0.1, 0.15) is 19.4 Å². The van der Waals surface area contributed by atoms with Gasteiger partial charge < -0.3 is 9.67 Å². The molecule has 0 aliphatic heterocycles. The number of rotatable bonds is 5. The monoisotopic (exact) mass is 269 g/mol. The highest BCUT2D eigenvalue weighted by molar-refractivity contribution is 7.99. The summed E-state index contributed by atoms with van der Waals surface area (Å²) >= 11 is 0.839. The standard InChI is InChI=1S/C8H10F3N3O2S/c1-5(2-8(9,10)11)14-4-12-13-7(14)17-3-6(15)16/h4-5H,2-3H2,1H3,(H,15,16). The predicted octanol–water partition coefficient (Wildman–Crippen LogP) is 1.97. The summed E-state index contributed by atoms with van der Waals surface area (Å²) in [5, 5.41) is 15.7. The summed E-state index contributed by atoms with van der Waals surface area (Å²) < 4.78 is 37.8. The Bertz CT molecular complexity index is 394. The lowest BCUT2D eigenvalue weighted by Crippen LogP contribution is -2.17. The first-order valence-electron chi connectivity index (χ1n) is 4.60. The highest BCUT2D eigenvalue weighted by Gasteiger charge is 2.31. The molecule has 1 N–H and O–H groups in total. The first-order chi connectivity index (χ1) is 7.79. The third-order valence-electron chi connectivity index (χ3n) is 1.87. The number of thioether (sulfide) groups is 1. The van der Waals surface area contributed by atoms with E-state index in [0.717, 1.165) is 11.8 Å². The van der Waals surface area contributed by atoms with Gasteiger partial charge in [0.05, 0.1) is 12.2 Å². The van der Waals surface area contributed by atoms with Gasteiger partial charge in [-0.05, 0) is 6.92 Å². The van der Waals surface area contributed by atoms with Crippen LogP contribution in [0, 0.1) is 0 Å². The summed E-state index contributed by atoms with van der Waals surface area (Å²) in [6, 6.07) is -0.860. The van der Waals surface area contributed by atoms with Crippen molar-refractivity contribution in [3.05, 3.63) is 6.33 Å². The predicted molar refractivity (Wildman–Crippen MR) is 53.8 cm³/mol. The van der Waals surface area contributed by atoms with Gasteiger partial charge in [-0.25, -0.2) is 0 Å². The second-order valence-corrected chi connectivity index (χ2v) is 4.31. The minimum absolute atomic E-state index is 0.171. The van der Waals surface area contributed by atoms with Gasteiger partial charge in [0, 0.05) is 6.04 Å². The summed E-state index contributed by atoms with van der Waals surface area (Å²) in [5.74, 6) is -1.33. The van der Waals surface area contributed by atoms with E-state index in [-0.39, 0.29) is 10.9 Å². The number of carboxylic acids is 1. The van der Waals surface area contributed by atoms with E-state index in [2.05, 4.69) is 10.2 Å². The van der Waals surface area contributed by atoms with Crippen molar-refractivity contribution < 1.29 is 23.1 Å². The van der Waals surface area contributed by atoms with Crippen molar-refractivity contribution in [3.63, 3.8) is 0 Å². The summed E-state index contributed by atoms with van der Waals surface area (Å²) in [6.07, 6.45) is -4.12. The number of aromatic nitrogens is 3. The molecule has 0 aromatic carbocycles. The summed E-state index contributed by atoms with van der Waals surface area (Å²) in [4.78, 5) is 10.3. The van der Waals surface area contributed by atoms with Gasteiger partial charge in [0.25, 0.3) is 0 Å². The fraction of sp³-hybridized carbons (Fsp3) is 0.625. The van der Waals surface area contributed by atoms with Crippen LogP contribution in [0.4, 0.5) is 13.2 Å². The molecule has 1 heterocycles. The van der Waals surface area contributed by atoms with Crippen LogP contribution in [-0.4, -0.2) is 37.8 Å². The minimum Gasteiger partial charge on any atom is -0.481 e. The number of hydrogen-bond donors (Lipinski definition) is 1. The number of hydrogen-bond acceptors (Lipinski definition) is 4. The van der Waals surface area contributed by atoms with Crippen molar-refractivity contribution in [2.24, 2.45) is 0 Å². The van der Waals surface area contributed by atoms with Crippen LogP contribution < -0.4 is 0 Å². The highest BCUT2D eigenvalue weighted by Crippen LogP contribution is 2.29. The maximum Gasteiger partial charge on any atom is 0.391 e. The van der Waals surface area contributed by atoms with Crippen LogP contribution in [-0.2, 0) is 4.79 Å². The zero-order valence-corrected chi connectivity index (χ0v) is 9.62. The van der Waals surface area contributed by atoms with Crippen molar-refractivity contribution in [1.29, 1.82) is 0 Å². The Morgan fingerprint density at radius 2 is 2.29 bits per heavy atom. The fourth-order valence-electron chi connectivity index (χ4n) is 1.20. The van der Waals surface area contributed by atoms with Crippen LogP contribution in [0.3, 0.4) is 0 Å². The molecular weight excluding hydrogens is 259 g/mol. The Hall–Kier alpha value is -1.25. The number of aliphatic carboxylic acids is 1. The molecule has 9 heteroatoms. The summed E-state index contributed by atoms with van der Waals surface area (Å²) in [6.45, 7) is 1.38. The van der Waals surface area contributed by atoms with Crippen LogP contribution >= 0.6 is 11.8 Å². The average Bonchev–Trinajstić information content (AvgIpc) is 2.59. The van der Waals surface area contributed by atoms with Gasteiger partial charge in [0.1, 0.15) is 6.33 Å². The zero-order valence-electron chi connectivity index (χ0n) is 8.81. The van der Waals surface area contributed by atoms with Gasteiger partial charge in [-0.1, -0.05) is 11.8 Å². The molecule has 1 unspecified atom stereocenters. The first-order valence-corrected chi connectivity index (χ1v) is 5.59. The molecule has 5 nitrogen and oxygen atoms in total. The van der Waals surface area contributed by atoms with Crippen molar-refractivity contribution in [1.82, 2.24) is 14.8 Å². The Labute approximate surface area is 99.0 Å². The molecule has 17 heavy (non-hydrogen) atoms. The van der Waals surface area contributed by atoms with Crippen LogP contribution in [0.5, 0.6) is 0 Å². The molecule has 1 aromatic rings. The molecule has 1 aromatic heterocycles. The van der Waals surface area contributed by atoms with Gasteiger partial charge in [0.15, 0.2) is 5.16 Å². The van der Waals surface area contributed by atoms with E-state index in [1.54, 1.807) is 0 Å². The van der Waals surface area contributed by atoms with E-state index >= 15 is 0 Å². The first kappa shape index (κ1) is 13.8. The van der Waals surface area contributed by atoms with Gasteiger partial charge in [0.2, 0.25) is 0 Å². The van der Waals surface area contributed by atoms with Gasteiger partial charge in [-0.3, -0.25) is 4.79 Å². The molecule has 0 amide bonds. The Morgan fingerprint density at radius 1 is 1.65 bits per heavy atom. The highest BCUT2D eigenvalue weighted by atomic mass is 32.2. The van der Waals surface area contributed by atoms with Crippen molar-refractivity contribution in [2.45, 2.75) is 30.7 Å². The summed E-state index contributed by atoms with van der Waals surface area (Å²) in [5.41, 5.74) is 0. The van der Waals surface area contributed by atoms with Crippen LogP contribution in [0.15, 0.2) is 11.5 Å². The maximum absolute atomic E-state index is 12.2. The molecule has 96 valence electrons. The third kappa shape index (κ3) is 4.63. The average molecular weight is 269 g/mol. The summed E-state index contributed by atoms with van der Waals surface area (Å²) in [7, 11) is 0. The molecule has 0 spiro atoms. The smallest absolute Gasteiger partial charge is 0.391 e. The van der Waals surface area contributed by atoms with E-state index in [4.69, 9.17) is 5.11 Å². The third-order valence-corrected chi connectivity index (χ3v) is 2.81. The lowest BCUT2D eigenvalue weighted by Gasteiger charge is -2.16. The number of carbonyl (C=O) groups is 1. The lowest BCUT2D eigenvalue weighted by atomic mass is 10.2. The van der Waals surface area contributed by atoms with Crippen molar-refractivity contribution in [3.8, 4) is 0 Å². The van der Waals surface area contributed by atoms with Crippen molar-refractivity contribution >= 4 is 17.7 Å². The maximum atomic E-state index is 12.2. The Balaban J connectivity index is 2.70. The van der Waals surface area contributed by atoms with E-state index in [1.165, 1.54) is 17.8 Å². The molecule has 0 fully saturated rings. The molecule has 1 atom stereocenters. The normalized spacial score (nSPS) is 13.6. The quantitative estimate of drug-likeness (QED) is 0.828. The molecule has 0 radical (unpaired) electrons. The molecule has 0 saturated heterocycles. The van der Waals surface area contributed by atoms with E-state index in [0.29, 0.717) is 0 Å². The molecule has 0 aliphatic carbocycles. The number of nitrogens with zero attached hydrogens (tertiary/aromatic N) is 3. The fourth-order valence-corrected chi connectivity index (χ4v) is 1.93. The SMILES string of the molecule is CC(CC(F)(F)F)n1cnnc1SCC(=O)O. The van der Waals surface area contributed by atoms with Gasteiger partial charge in [-0.15, -0.1) is 10.2 Å². The topological polar surface area (TPSA) is 68.0 Å². The zero-order chi connectivity index (χ0) is 13.1. The molecular formula is C8H10F3N3O2S. The number of halogens is 3. The largest absolute Gasteiger partial charge is 0.481 e. The Kier molecular flexibility index (Phi) is 4.38. The second-order valence-electron chi connectivity index (χ2n) is 3.37. The van der Waals surface area contributed by atoms with Gasteiger partial charge >= 0.3 is 12.1 Å². The molecule has 0 bridgehead atoms. The van der Waals surface area contributed by atoms with E-state index in [9.17, 15) is 18.0 Å². The minimum atomic E-state index is -4.28. The lowest BCUT2D eigenvalue weighted by molar-refractivity contribution is -0.142. The van der Waals surface area contributed by atoms with E-state index < -0.39 is 24.6 Å². The van der Waals surface area contributed by atoms with Crippen LogP contribution in [0.25, 0.3) is 0 Å². The Morgan fingerprint density at radius 3 is 2.82 bits per heavy atom. The second kappa shape index (κ2) is 5.39.